The summed E-state index contributed by atoms with van der Waals surface area (Å²) in [5.74, 6) is -1.15. The van der Waals surface area contributed by atoms with E-state index in [0.717, 1.165) is 6.07 Å². The number of pyridine rings is 1. The lowest BCUT2D eigenvalue weighted by Gasteiger charge is -2.13. The zero-order valence-electron chi connectivity index (χ0n) is 17.6. The average Bonchev–Trinajstić information content (AvgIpc) is 3.25. The first-order valence-electron chi connectivity index (χ1n) is 9.67. The minimum Gasteiger partial charge on any atom is -0.489 e. The lowest BCUT2D eigenvalue weighted by atomic mass is 10.1. The molecule has 0 saturated heterocycles. The van der Waals surface area contributed by atoms with Gasteiger partial charge in [0.15, 0.2) is 5.82 Å². The van der Waals surface area contributed by atoms with Gasteiger partial charge in [-0.05, 0) is 24.3 Å². The van der Waals surface area contributed by atoms with E-state index in [2.05, 4.69) is 28.3 Å². The Morgan fingerprint density at radius 3 is 2.65 bits per heavy atom. The first kappa shape index (κ1) is 24.2. The smallest absolute Gasteiger partial charge is 0.420 e. The molecule has 34 heavy (non-hydrogen) atoms. The molecule has 2 aromatic heterocycles. The van der Waals surface area contributed by atoms with Gasteiger partial charge >= 0.3 is 12.3 Å². The number of amides is 2. The van der Waals surface area contributed by atoms with Gasteiger partial charge in [0.1, 0.15) is 24.4 Å². The molecule has 0 fully saturated rings. The molecule has 12 heteroatoms. The third kappa shape index (κ3) is 5.85. The highest BCUT2D eigenvalue weighted by molar-refractivity contribution is 6.05. The monoisotopic (exact) mass is 473 g/mol. The Morgan fingerprint density at radius 2 is 1.94 bits per heavy atom. The Hall–Kier alpha value is -4.48. The zero-order chi connectivity index (χ0) is 24.7. The highest BCUT2D eigenvalue weighted by Crippen LogP contribution is 2.33. The molecular weight excluding hydrogens is 455 g/mol. The van der Waals surface area contributed by atoms with Crippen LogP contribution in [0, 0.1) is 0 Å². The summed E-state index contributed by atoms with van der Waals surface area (Å²) >= 11 is 0. The quantitative estimate of drug-likeness (QED) is 0.492. The van der Waals surface area contributed by atoms with Crippen LogP contribution in [0.2, 0.25) is 0 Å². The first-order chi connectivity index (χ1) is 16.2. The lowest BCUT2D eigenvalue weighted by Crippen LogP contribution is -2.33. The van der Waals surface area contributed by atoms with Gasteiger partial charge in [0.25, 0.3) is 5.91 Å². The number of nitrogens with zero attached hydrogens (tertiary/aromatic N) is 4. The standard InChI is InChI=1S/C22H18F3N5O4/c1-3-10-30-13-26-29-19(30)16-6-5-7-18(27-16)34-21(32)28-20(31)15-9-8-14(22(23,24)25)12-17(15)33-11-4-2/h3-9,12-13H,1-2,10-11H2,(H,28,31,32). The van der Waals surface area contributed by atoms with Gasteiger partial charge in [-0.3, -0.25) is 10.1 Å². The molecule has 3 aromatic rings. The van der Waals surface area contributed by atoms with Gasteiger partial charge in [0.05, 0.1) is 11.1 Å². The summed E-state index contributed by atoms with van der Waals surface area (Å²) in [4.78, 5) is 28.9. The second-order valence-electron chi connectivity index (χ2n) is 6.61. The molecule has 2 heterocycles. The number of hydrogen-bond donors (Lipinski definition) is 1. The number of rotatable bonds is 8. The van der Waals surface area contributed by atoms with Crippen molar-refractivity contribution in [3.63, 3.8) is 0 Å². The summed E-state index contributed by atoms with van der Waals surface area (Å²) in [7, 11) is 0. The van der Waals surface area contributed by atoms with Crippen LogP contribution < -0.4 is 14.8 Å². The van der Waals surface area contributed by atoms with E-state index in [-0.39, 0.29) is 23.8 Å². The van der Waals surface area contributed by atoms with Gasteiger partial charge in [-0.25, -0.2) is 9.78 Å². The molecule has 0 aliphatic heterocycles. The topological polar surface area (TPSA) is 108 Å². The Bertz CT molecular complexity index is 1220. The van der Waals surface area contributed by atoms with Crippen LogP contribution in [0.1, 0.15) is 15.9 Å². The van der Waals surface area contributed by atoms with Gasteiger partial charge in [-0.2, -0.15) is 13.2 Å². The number of hydrogen-bond acceptors (Lipinski definition) is 7. The van der Waals surface area contributed by atoms with Crippen molar-refractivity contribution in [1.29, 1.82) is 0 Å². The Labute approximate surface area is 191 Å². The minimum atomic E-state index is -4.65. The maximum atomic E-state index is 13.0. The molecule has 3 rings (SSSR count). The van der Waals surface area contributed by atoms with Crippen LogP contribution in [-0.4, -0.2) is 38.4 Å². The molecule has 0 unspecified atom stereocenters. The van der Waals surface area contributed by atoms with Gasteiger partial charge in [-0.15, -0.1) is 16.8 Å². The number of allylic oxidation sites excluding steroid dienone is 1. The number of carbonyl (C=O) groups excluding carboxylic acids is 2. The molecule has 1 N–H and O–H groups in total. The summed E-state index contributed by atoms with van der Waals surface area (Å²) in [6.07, 6.45) is -1.43. The molecular formula is C22H18F3N5O4. The number of aromatic nitrogens is 4. The molecule has 9 nitrogen and oxygen atoms in total. The second kappa shape index (κ2) is 10.4. The molecule has 0 aliphatic carbocycles. The number of benzene rings is 1. The van der Waals surface area contributed by atoms with E-state index < -0.39 is 23.7 Å². The number of halogens is 3. The van der Waals surface area contributed by atoms with Crippen molar-refractivity contribution in [2.75, 3.05) is 6.61 Å². The summed E-state index contributed by atoms with van der Waals surface area (Å²) in [6, 6.07) is 6.80. The van der Waals surface area contributed by atoms with Gasteiger partial charge in [0.2, 0.25) is 5.88 Å². The van der Waals surface area contributed by atoms with Crippen molar-refractivity contribution in [3.05, 3.63) is 79.2 Å². The predicted octanol–water partition coefficient (Wildman–Crippen LogP) is 4.04. The summed E-state index contributed by atoms with van der Waals surface area (Å²) in [5, 5.41) is 9.70. The third-order valence-electron chi connectivity index (χ3n) is 4.22. The van der Waals surface area contributed by atoms with Crippen molar-refractivity contribution < 1.29 is 32.2 Å². The number of nitrogens with one attached hydrogen (secondary N) is 1. The van der Waals surface area contributed by atoms with E-state index in [4.69, 9.17) is 9.47 Å². The zero-order valence-corrected chi connectivity index (χ0v) is 17.6. The Kier molecular flexibility index (Phi) is 7.41. The molecule has 0 saturated carbocycles. The van der Waals surface area contributed by atoms with Crippen LogP contribution in [0.25, 0.3) is 11.5 Å². The normalized spacial score (nSPS) is 10.9. The molecule has 1 aromatic carbocycles. The molecule has 0 radical (unpaired) electrons. The average molecular weight is 473 g/mol. The second-order valence-corrected chi connectivity index (χ2v) is 6.61. The van der Waals surface area contributed by atoms with Crippen molar-refractivity contribution in [2.24, 2.45) is 0 Å². The molecule has 176 valence electrons. The van der Waals surface area contributed by atoms with Crippen LogP contribution in [0.4, 0.5) is 18.0 Å². The van der Waals surface area contributed by atoms with Gasteiger partial charge in [0, 0.05) is 12.6 Å². The fourth-order valence-corrected chi connectivity index (χ4v) is 2.76. The maximum absolute atomic E-state index is 13.0. The highest BCUT2D eigenvalue weighted by atomic mass is 19.4. The number of imide groups is 1. The van der Waals surface area contributed by atoms with Crippen LogP contribution in [0.3, 0.4) is 0 Å². The van der Waals surface area contributed by atoms with Crippen LogP contribution in [0.15, 0.2) is 68.0 Å². The third-order valence-corrected chi connectivity index (χ3v) is 4.22. The molecule has 0 aliphatic rings. The lowest BCUT2D eigenvalue weighted by molar-refractivity contribution is -0.137. The number of alkyl halides is 3. The van der Waals surface area contributed by atoms with Crippen molar-refractivity contribution in [1.82, 2.24) is 25.1 Å². The highest BCUT2D eigenvalue weighted by Gasteiger charge is 2.32. The molecule has 2 amide bonds. The minimum absolute atomic E-state index is 0.147. The fraction of sp³-hybridized carbons (Fsp3) is 0.136. The van der Waals surface area contributed by atoms with Crippen molar-refractivity contribution in [3.8, 4) is 23.1 Å². The van der Waals surface area contributed by atoms with E-state index in [1.807, 2.05) is 5.32 Å². The fourth-order valence-electron chi connectivity index (χ4n) is 2.76. The Morgan fingerprint density at radius 1 is 1.15 bits per heavy atom. The van der Waals surface area contributed by atoms with Crippen molar-refractivity contribution >= 4 is 12.0 Å². The molecule has 0 bridgehead atoms. The van der Waals surface area contributed by atoms with Crippen molar-refractivity contribution in [2.45, 2.75) is 12.7 Å². The van der Waals surface area contributed by atoms with E-state index in [9.17, 15) is 22.8 Å². The van der Waals surface area contributed by atoms with E-state index in [1.165, 1.54) is 18.5 Å². The summed E-state index contributed by atoms with van der Waals surface area (Å²) in [5.41, 5.74) is -0.971. The van der Waals surface area contributed by atoms with E-state index in [0.29, 0.717) is 30.2 Å². The van der Waals surface area contributed by atoms with Gasteiger partial charge in [-0.1, -0.05) is 24.8 Å². The summed E-state index contributed by atoms with van der Waals surface area (Å²) < 4.78 is 50.9. The molecule has 0 atom stereocenters. The number of carbonyl (C=O) groups is 2. The SMILES string of the molecule is C=CCOc1cc(C(F)(F)F)ccc1C(=O)NC(=O)Oc1cccc(-c2nncn2CC=C)n1. The van der Waals surface area contributed by atoms with Crippen LogP contribution >= 0.6 is 0 Å². The summed E-state index contributed by atoms with van der Waals surface area (Å²) in [6.45, 7) is 7.33. The Balaban J connectivity index is 1.75. The van der Waals surface area contributed by atoms with Crippen LogP contribution in [-0.2, 0) is 12.7 Å². The molecule has 0 spiro atoms. The largest absolute Gasteiger partial charge is 0.489 e. The van der Waals surface area contributed by atoms with Gasteiger partial charge < -0.3 is 14.0 Å². The first-order valence-corrected chi connectivity index (χ1v) is 9.67. The van der Waals surface area contributed by atoms with E-state index >= 15 is 0 Å². The predicted molar refractivity (Wildman–Crippen MR) is 114 cm³/mol. The van der Waals surface area contributed by atoms with Crippen LogP contribution in [0.5, 0.6) is 11.6 Å². The number of ether oxygens (including phenoxy) is 2. The maximum Gasteiger partial charge on any atom is 0.420 e. The van der Waals surface area contributed by atoms with E-state index in [1.54, 1.807) is 22.8 Å².